The monoisotopic (exact) mass is 194 g/mol. The first-order valence-corrected chi connectivity index (χ1v) is 4.40. The summed E-state index contributed by atoms with van der Waals surface area (Å²) in [6.45, 7) is 0.348. The second kappa shape index (κ2) is 5.18. The molecule has 0 saturated heterocycles. The first-order valence-electron chi connectivity index (χ1n) is 4.40. The van der Waals surface area contributed by atoms with E-state index in [1.54, 1.807) is 25.4 Å². The molecule has 1 amide bonds. The van der Waals surface area contributed by atoms with E-state index in [-0.39, 0.29) is 5.91 Å². The van der Waals surface area contributed by atoms with Gasteiger partial charge in [0.15, 0.2) is 0 Å². The van der Waals surface area contributed by atoms with Crippen LogP contribution in [0.15, 0.2) is 18.3 Å². The van der Waals surface area contributed by atoms with Crippen LogP contribution in [0, 0.1) is 0 Å². The molecular formula is C9H14N4O. The molecule has 0 aliphatic carbocycles. The zero-order valence-electron chi connectivity index (χ0n) is 8.08. The fourth-order valence-electron chi connectivity index (χ4n) is 1.05. The molecule has 0 atom stereocenters. The molecule has 0 aliphatic heterocycles. The Balaban J connectivity index is 2.70. The first-order chi connectivity index (χ1) is 6.77. The van der Waals surface area contributed by atoms with Gasteiger partial charge < -0.3 is 16.4 Å². The van der Waals surface area contributed by atoms with E-state index in [9.17, 15) is 4.79 Å². The molecule has 1 aromatic heterocycles. The standard InChI is InChI=1S/C9H14N4O/c1-11-9-7(3-2-6-12-9)13-8(14)4-5-10/h2-3,6H,4-5,10H2,1H3,(H,11,12)(H,13,14). The number of nitrogens with one attached hydrogen (secondary N) is 2. The molecule has 5 heteroatoms. The van der Waals surface area contributed by atoms with E-state index < -0.39 is 0 Å². The molecule has 0 radical (unpaired) electrons. The van der Waals surface area contributed by atoms with Crippen LogP contribution in [0.3, 0.4) is 0 Å². The van der Waals surface area contributed by atoms with Gasteiger partial charge in [0.25, 0.3) is 0 Å². The van der Waals surface area contributed by atoms with E-state index in [0.29, 0.717) is 24.5 Å². The lowest BCUT2D eigenvalue weighted by Crippen LogP contribution is -2.17. The Bertz CT molecular complexity index is 313. The van der Waals surface area contributed by atoms with E-state index in [2.05, 4.69) is 15.6 Å². The van der Waals surface area contributed by atoms with E-state index in [1.165, 1.54) is 0 Å². The highest BCUT2D eigenvalue weighted by Gasteiger charge is 2.04. The minimum absolute atomic E-state index is 0.1000. The van der Waals surface area contributed by atoms with Crippen LogP contribution in [0.5, 0.6) is 0 Å². The van der Waals surface area contributed by atoms with Gasteiger partial charge in [-0.1, -0.05) is 0 Å². The van der Waals surface area contributed by atoms with Crippen LogP contribution in [-0.2, 0) is 4.79 Å². The van der Waals surface area contributed by atoms with Crippen LogP contribution in [0.4, 0.5) is 11.5 Å². The van der Waals surface area contributed by atoms with Crippen molar-refractivity contribution in [2.75, 3.05) is 24.2 Å². The summed E-state index contributed by atoms with van der Waals surface area (Å²) in [5, 5.41) is 5.60. The molecule has 5 nitrogen and oxygen atoms in total. The van der Waals surface area contributed by atoms with Gasteiger partial charge in [-0.2, -0.15) is 0 Å². The van der Waals surface area contributed by atoms with Gasteiger partial charge in [-0.05, 0) is 12.1 Å². The van der Waals surface area contributed by atoms with E-state index in [4.69, 9.17) is 5.73 Å². The molecule has 1 heterocycles. The lowest BCUT2D eigenvalue weighted by Gasteiger charge is -2.08. The van der Waals surface area contributed by atoms with Crippen molar-refractivity contribution in [1.82, 2.24) is 4.98 Å². The summed E-state index contributed by atoms with van der Waals surface area (Å²) in [6.07, 6.45) is 1.97. The van der Waals surface area contributed by atoms with Crippen molar-refractivity contribution in [3.05, 3.63) is 18.3 Å². The third-order valence-corrected chi connectivity index (χ3v) is 1.69. The van der Waals surface area contributed by atoms with Crippen LogP contribution in [0.25, 0.3) is 0 Å². The number of nitrogens with zero attached hydrogens (tertiary/aromatic N) is 1. The summed E-state index contributed by atoms with van der Waals surface area (Å²) in [4.78, 5) is 15.3. The molecule has 4 N–H and O–H groups in total. The van der Waals surface area contributed by atoms with Crippen molar-refractivity contribution < 1.29 is 4.79 Å². The highest BCUT2D eigenvalue weighted by Crippen LogP contribution is 2.16. The predicted molar refractivity (Wildman–Crippen MR) is 56.1 cm³/mol. The van der Waals surface area contributed by atoms with Gasteiger partial charge in [0.1, 0.15) is 5.82 Å². The summed E-state index contributed by atoms with van der Waals surface area (Å²) < 4.78 is 0. The molecule has 0 aromatic carbocycles. The maximum absolute atomic E-state index is 11.2. The van der Waals surface area contributed by atoms with Crippen molar-refractivity contribution in [3.8, 4) is 0 Å². The van der Waals surface area contributed by atoms with Crippen molar-refractivity contribution >= 4 is 17.4 Å². The van der Waals surface area contributed by atoms with Crippen LogP contribution in [-0.4, -0.2) is 24.5 Å². The summed E-state index contributed by atoms with van der Waals surface area (Å²) in [5.41, 5.74) is 5.94. The Morgan fingerprint density at radius 3 is 3.07 bits per heavy atom. The smallest absolute Gasteiger partial charge is 0.225 e. The normalized spacial score (nSPS) is 9.57. The van der Waals surface area contributed by atoms with Crippen LogP contribution in [0.2, 0.25) is 0 Å². The first kappa shape index (κ1) is 10.5. The average molecular weight is 194 g/mol. The summed E-state index contributed by atoms with van der Waals surface area (Å²) in [7, 11) is 1.75. The largest absolute Gasteiger partial charge is 0.371 e. The molecule has 0 fully saturated rings. The minimum atomic E-state index is -0.1000. The number of amides is 1. The molecule has 14 heavy (non-hydrogen) atoms. The number of carbonyl (C=O) groups is 1. The molecular weight excluding hydrogens is 180 g/mol. The maximum Gasteiger partial charge on any atom is 0.225 e. The second-order valence-electron chi connectivity index (χ2n) is 2.74. The van der Waals surface area contributed by atoms with Gasteiger partial charge in [-0.25, -0.2) is 4.98 Å². The number of anilines is 2. The molecule has 1 aromatic rings. The lowest BCUT2D eigenvalue weighted by molar-refractivity contribution is -0.116. The Morgan fingerprint density at radius 1 is 1.64 bits per heavy atom. The van der Waals surface area contributed by atoms with E-state index in [1.807, 2.05) is 0 Å². The Labute approximate surface area is 82.7 Å². The zero-order valence-corrected chi connectivity index (χ0v) is 8.08. The number of nitrogens with two attached hydrogens (primary N) is 1. The molecule has 0 unspecified atom stereocenters. The van der Waals surface area contributed by atoms with Crippen LogP contribution in [0.1, 0.15) is 6.42 Å². The third kappa shape index (κ3) is 2.70. The number of rotatable bonds is 4. The fourth-order valence-corrected chi connectivity index (χ4v) is 1.05. The quantitative estimate of drug-likeness (QED) is 0.648. The molecule has 0 bridgehead atoms. The fraction of sp³-hybridized carbons (Fsp3) is 0.333. The Kier molecular flexibility index (Phi) is 3.87. The van der Waals surface area contributed by atoms with Gasteiger partial charge in [0, 0.05) is 26.2 Å². The summed E-state index contributed by atoms with van der Waals surface area (Å²) in [5.74, 6) is 0.551. The van der Waals surface area contributed by atoms with Crippen molar-refractivity contribution in [1.29, 1.82) is 0 Å². The predicted octanol–water partition coefficient (Wildman–Crippen LogP) is 0.411. The van der Waals surface area contributed by atoms with Crippen molar-refractivity contribution in [2.24, 2.45) is 5.73 Å². The van der Waals surface area contributed by atoms with Gasteiger partial charge in [-0.15, -0.1) is 0 Å². The minimum Gasteiger partial charge on any atom is -0.371 e. The van der Waals surface area contributed by atoms with Gasteiger partial charge in [0.2, 0.25) is 5.91 Å². The van der Waals surface area contributed by atoms with Gasteiger partial charge in [0.05, 0.1) is 5.69 Å². The lowest BCUT2D eigenvalue weighted by atomic mass is 10.3. The van der Waals surface area contributed by atoms with Crippen LogP contribution >= 0.6 is 0 Å². The van der Waals surface area contributed by atoms with Crippen LogP contribution < -0.4 is 16.4 Å². The molecule has 0 aliphatic rings. The molecule has 76 valence electrons. The van der Waals surface area contributed by atoms with Gasteiger partial charge >= 0.3 is 0 Å². The molecule has 1 rings (SSSR count). The summed E-state index contributed by atoms with van der Waals surface area (Å²) in [6, 6.07) is 3.55. The average Bonchev–Trinajstić information content (AvgIpc) is 2.19. The van der Waals surface area contributed by atoms with Crippen molar-refractivity contribution in [2.45, 2.75) is 6.42 Å². The topological polar surface area (TPSA) is 80.0 Å². The molecule has 0 saturated carbocycles. The molecule has 0 spiro atoms. The second-order valence-corrected chi connectivity index (χ2v) is 2.74. The number of carbonyl (C=O) groups excluding carboxylic acids is 1. The van der Waals surface area contributed by atoms with E-state index in [0.717, 1.165) is 0 Å². The Hall–Kier alpha value is -1.62. The highest BCUT2D eigenvalue weighted by molar-refractivity contribution is 5.93. The number of hydrogen-bond acceptors (Lipinski definition) is 4. The number of hydrogen-bond donors (Lipinski definition) is 3. The number of pyridine rings is 1. The Morgan fingerprint density at radius 2 is 2.43 bits per heavy atom. The number of aromatic nitrogens is 1. The summed E-state index contributed by atoms with van der Waals surface area (Å²) >= 11 is 0. The third-order valence-electron chi connectivity index (χ3n) is 1.69. The van der Waals surface area contributed by atoms with Gasteiger partial charge in [-0.3, -0.25) is 4.79 Å². The van der Waals surface area contributed by atoms with E-state index >= 15 is 0 Å². The van der Waals surface area contributed by atoms with Crippen molar-refractivity contribution in [3.63, 3.8) is 0 Å². The zero-order chi connectivity index (χ0) is 10.4. The maximum atomic E-state index is 11.2. The SMILES string of the molecule is CNc1ncccc1NC(=O)CCN. The highest BCUT2D eigenvalue weighted by atomic mass is 16.1.